The van der Waals surface area contributed by atoms with Gasteiger partial charge in [-0.05, 0) is 37.1 Å². The van der Waals surface area contributed by atoms with E-state index in [-0.39, 0.29) is 11.9 Å². The number of hydrogen-bond donors (Lipinski definition) is 2. The molecule has 0 aliphatic heterocycles. The van der Waals surface area contributed by atoms with E-state index in [0.29, 0.717) is 17.4 Å². The number of carbonyl (C=O) groups excluding carboxylic acids is 1. The van der Waals surface area contributed by atoms with Gasteiger partial charge in [0.25, 0.3) is 5.91 Å². The van der Waals surface area contributed by atoms with Crippen LogP contribution >= 0.6 is 0 Å². The van der Waals surface area contributed by atoms with Crippen LogP contribution in [0, 0.1) is 0 Å². The predicted molar refractivity (Wildman–Crippen MR) is 62.1 cm³/mol. The number of methoxy groups -OCH3 is 1. The van der Waals surface area contributed by atoms with Crippen molar-refractivity contribution in [3.05, 3.63) is 29.8 Å². The van der Waals surface area contributed by atoms with Crippen molar-refractivity contribution < 1.29 is 9.53 Å². The SMILES string of the molecule is COC1CC(NC(=O)c2ccc(N)cc2)C1. The van der Waals surface area contributed by atoms with Crippen molar-refractivity contribution in [1.29, 1.82) is 0 Å². The second kappa shape index (κ2) is 4.53. The summed E-state index contributed by atoms with van der Waals surface area (Å²) in [6.07, 6.45) is 2.10. The zero-order chi connectivity index (χ0) is 11.5. The molecule has 1 saturated carbocycles. The molecule has 1 aromatic carbocycles. The molecule has 0 aromatic heterocycles. The first-order valence-corrected chi connectivity index (χ1v) is 5.38. The maximum absolute atomic E-state index is 11.8. The maximum Gasteiger partial charge on any atom is 0.251 e. The van der Waals surface area contributed by atoms with Gasteiger partial charge in [0.2, 0.25) is 0 Å². The molecule has 0 saturated heterocycles. The third-order valence-corrected chi connectivity index (χ3v) is 2.94. The van der Waals surface area contributed by atoms with Gasteiger partial charge in [0.15, 0.2) is 0 Å². The van der Waals surface area contributed by atoms with E-state index in [9.17, 15) is 4.79 Å². The highest BCUT2D eigenvalue weighted by atomic mass is 16.5. The van der Waals surface area contributed by atoms with Gasteiger partial charge in [-0.25, -0.2) is 0 Å². The third kappa shape index (κ3) is 2.33. The van der Waals surface area contributed by atoms with E-state index in [0.717, 1.165) is 12.8 Å². The highest BCUT2D eigenvalue weighted by Crippen LogP contribution is 2.22. The molecule has 2 rings (SSSR count). The van der Waals surface area contributed by atoms with Gasteiger partial charge >= 0.3 is 0 Å². The molecule has 0 atom stereocenters. The van der Waals surface area contributed by atoms with Crippen LogP contribution in [0.15, 0.2) is 24.3 Å². The number of hydrogen-bond acceptors (Lipinski definition) is 3. The Morgan fingerprint density at radius 1 is 1.38 bits per heavy atom. The number of benzene rings is 1. The molecule has 0 spiro atoms. The molecule has 1 aliphatic rings. The molecule has 16 heavy (non-hydrogen) atoms. The summed E-state index contributed by atoms with van der Waals surface area (Å²) < 4.78 is 5.15. The average Bonchev–Trinajstić information content (AvgIpc) is 2.23. The summed E-state index contributed by atoms with van der Waals surface area (Å²) in [6.45, 7) is 0. The normalized spacial score (nSPS) is 23.6. The molecule has 0 radical (unpaired) electrons. The summed E-state index contributed by atoms with van der Waals surface area (Å²) in [4.78, 5) is 11.8. The highest BCUT2D eigenvalue weighted by Gasteiger charge is 2.30. The van der Waals surface area contributed by atoms with Crippen LogP contribution in [0.2, 0.25) is 0 Å². The maximum atomic E-state index is 11.8. The molecular weight excluding hydrogens is 204 g/mol. The van der Waals surface area contributed by atoms with Crippen molar-refractivity contribution >= 4 is 11.6 Å². The Labute approximate surface area is 94.8 Å². The van der Waals surface area contributed by atoms with E-state index < -0.39 is 0 Å². The first-order chi connectivity index (χ1) is 7.69. The van der Waals surface area contributed by atoms with E-state index in [1.807, 2.05) is 0 Å². The van der Waals surface area contributed by atoms with Gasteiger partial charge in [0.1, 0.15) is 0 Å². The summed E-state index contributed by atoms with van der Waals surface area (Å²) in [5.41, 5.74) is 6.87. The Bertz CT molecular complexity index is 369. The fraction of sp³-hybridized carbons (Fsp3) is 0.417. The second-order valence-electron chi connectivity index (χ2n) is 4.12. The summed E-state index contributed by atoms with van der Waals surface area (Å²) >= 11 is 0. The number of ether oxygens (including phenoxy) is 1. The fourth-order valence-corrected chi connectivity index (χ4v) is 1.78. The Balaban J connectivity index is 1.87. The van der Waals surface area contributed by atoms with Crippen molar-refractivity contribution in [1.82, 2.24) is 5.32 Å². The van der Waals surface area contributed by atoms with Gasteiger partial charge < -0.3 is 15.8 Å². The molecular formula is C12H16N2O2. The first kappa shape index (κ1) is 11.0. The largest absolute Gasteiger partial charge is 0.399 e. The number of carbonyl (C=O) groups is 1. The van der Waals surface area contributed by atoms with Gasteiger partial charge in [0.05, 0.1) is 6.10 Å². The van der Waals surface area contributed by atoms with Crippen LogP contribution in [0.3, 0.4) is 0 Å². The minimum absolute atomic E-state index is 0.0421. The molecule has 4 heteroatoms. The summed E-state index contributed by atoms with van der Waals surface area (Å²) in [5, 5.41) is 2.96. The predicted octanol–water partition coefficient (Wildman–Crippen LogP) is 1.18. The van der Waals surface area contributed by atoms with E-state index in [4.69, 9.17) is 10.5 Å². The van der Waals surface area contributed by atoms with Gasteiger partial charge in [-0.1, -0.05) is 0 Å². The Hall–Kier alpha value is -1.55. The van der Waals surface area contributed by atoms with Crippen molar-refractivity contribution in [2.45, 2.75) is 25.0 Å². The number of rotatable bonds is 3. The van der Waals surface area contributed by atoms with E-state index in [1.165, 1.54) is 0 Å². The third-order valence-electron chi connectivity index (χ3n) is 2.94. The van der Waals surface area contributed by atoms with Crippen LogP contribution < -0.4 is 11.1 Å². The molecule has 1 amide bonds. The second-order valence-corrected chi connectivity index (χ2v) is 4.12. The standard InChI is InChI=1S/C12H16N2O2/c1-16-11-6-10(7-11)14-12(15)8-2-4-9(13)5-3-8/h2-5,10-11H,6-7,13H2,1H3,(H,14,15). The molecule has 3 N–H and O–H groups in total. The topological polar surface area (TPSA) is 64.3 Å². The van der Waals surface area contributed by atoms with E-state index in [2.05, 4.69) is 5.32 Å². The van der Waals surface area contributed by atoms with Gasteiger partial charge in [-0.3, -0.25) is 4.79 Å². The fourth-order valence-electron chi connectivity index (χ4n) is 1.78. The number of amides is 1. The van der Waals surface area contributed by atoms with Crippen LogP contribution in [-0.4, -0.2) is 25.2 Å². The highest BCUT2D eigenvalue weighted by molar-refractivity contribution is 5.94. The Morgan fingerprint density at radius 2 is 2.00 bits per heavy atom. The zero-order valence-electron chi connectivity index (χ0n) is 9.27. The Morgan fingerprint density at radius 3 is 2.56 bits per heavy atom. The summed E-state index contributed by atoms with van der Waals surface area (Å²) in [5.74, 6) is -0.0421. The molecule has 1 aliphatic carbocycles. The van der Waals surface area contributed by atoms with E-state index in [1.54, 1.807) is 31.4 Å². The van der Waals surface area contributed by atoms with Crippen molar-refractivity contribution in [2.24, 2.45) is 0 Å². The lowest BCUT2D eigenvalue weighted by Gasteiger charge is -2.34. The number of nitrogens with one attached hydrogen (secondary N) is 1. The van der Waals surface area contributed by atoms with Crippen molar-refractivity contribution in [3.8, 4) is 0 Å². The minimum Gasteiger partial charge on any atom is -0.399 e. The van der Waals surface area contributed by atoms with Gasteiger partial charge in [-0.2, -0.15) is 0 Å². The van der Waals surface area contributed by atoms with Crippen molar-refractivity contribution in [3.63, 3.8) is 0 Å². The van der Waals surface area contributed by atoms with Crippen LogP contribution in [0.25, 0.3) is 0 Å². The lowest BCUT2D eigenvalue weighted by molar-refractivity contribution is 0.0176. The molecule has 1 fully saturated rings. The molecule has 4 nitrogen and oxygen atoms in total. The summed E-state index contributed by atoms with van der Waals surface area (Å²) in [7, 11) is 1.70. The Kier molecular flexibility index (Phi) is 3.10. The number of nitrogens with two attached hydrogens (primary N) is 1. The first-order valence-electron chi connectivity index (χ1n) is 5.38. The number of nitrogen functional groups attached to an aromatic ring is 1. The van der Waals surface area contributed by atoms with Crippen LogP contribution in [-0.2, 0) is 4.74 Å². The molecule has 86 valence electrons. The van der Waals surface area contributed by atoms with Crippen molar-refractivity contribution in [2.75, 3.05) is 12.8 Å². The lowest BCUT2D eigenvalue weighted by Crippen LogP contribution is -2.47. The molecule has 1 aromatic rings. The molecule has 0 bridgehead atoms. The quantitative estimate of drug-likeness (QED) is 0.752. The summed E-state index contributed by atoms with van der Waals surface area (Å²) in [6, 6.07) is 7.17. The lowest BCUT2D eigenvalue weighted by atomic mass is 9.89. The molecule has 0 heterocycles. The average molecular weight is 220 g/mol. The van der Waals surface area contributed by atoms with Gasteiger partial charge in [0, 0.05) is 24.4 Å². The van der Waals surface area contributed by atoms with Crippen LogP contribution in [0.4, 0.5) is 5.69 Å². The monoisotopic (exact) mass is 220 g/mol. The molecule has 0 unspecified atom stereocenters. The van der Waals surface area contributed by atoms with Crippen LogP contribution in [0.5, 0.6) is 0 Å². The minimum atomic E-state index is -0.0421. The van der Waals surface area contributed by atoms with E-state index >= 15 is 0 Å². The number of anilines is 1. The van der Waals surface area contributed by atoms with Crippen LogP contribution in [0.1, 0.15) is 23.2 Å². The zero-order valence-corrected chi connectivity index (χ0v) is 9.27. The van der Waals surface area contributed by atoms with Gasteiger partial charge in [-0.15, -0.1) is 0 Å². The smallest absolute Gasteiger partial charge is 0.251 e.